The molecular formula is C21H38CaO. The molecular weight excluding hydrogens is 308 g/mol. The normalized spacial score (nSPS) is 10.5. The van der Waals surface area contributed by atoms with Gasteiger partial charge in [0.05, 0.1) is 0 Å². The summed E-state index contributed by atoms with van der Waals surface area (Å²) in [6, 6.07) is 7.73. The molecule has 1 aromatic rings. The summed E-state index contributed by atoms with van der Waals surface area (Å²) in [5, 5.41) is 9.70. The van der Waals surface area contributed by atoms with Gasteiger partial charge in [-0.3, -0.25) is 0 Å². The van der Waals surface area contributed by atoms with Crippen molar-refractivity contribution in [2.45, 2.75) is 96.8 Å². The fourth-order valence-electron chi connectivity index (χ4n) is 3.06. The molecule has 0 radical (unpaired) electrons. The quantitative estimate of drug-likeness (QED) is 0.288. The van der Waals surface area contributed by atoms with Crippen LogP contribution < -0.4 is 0 Å². The molecule has 0 saturated carbocycles. The van der Waals surface area contributed by atoms with Gasteiger partial charge in [-0.15, -0.1) is 0 Å². The maximum absolute atomic E-state index is 9.70. The zero-order chi connectivity index (χ0) is 15.9. The molecule has 0 saturated heterocycles. The van der Waals surface area contributed by atoms with Crippen molar-refractivity contribution in [1.29, 1.82) is 0 Å². The topological polar surface area (TPSA) is 20.2 Å². The molecule has 1 N–H and O–H groups in total. The Morgan fingerprint density at radius 3 is 1.61 bits per heavy atom. The third-order valence-corrected chi connectivity index (χ3v) is 4.54. The Labute approximate surface area is 177 Å². The molecule has 0 bridgehead atoms. The first kappa shape index (κ1) is 23.3. The molecule has 1 nitrogen and oxygen atoms in total. The number of para-hydroxylation sites is 1. The van der Waals surface area contributed by atoms with E-state index >= 15 is 0 Å². The molecule has 0 heterocycles. The second-order valence-electron chi connectivity index (χ2n) is 6.62. The Morgan fingerprint density at radius 1 is 0.696 bits per heavy atom. The van der Waals surface area contributed by atoms with Gasteiger partial charge in [-0.1, -0.05) is 102 Å². The van der Waals surface area contributed by atoms with E-state index in [2.05, 4.69) is 6.92 Å². The molecule has 0 atom stereocenters. The number of hydrogen-bond acceptors (Lipinski definition) is 1. The number of phenols is 1. The zero-order valence-electron chi connectivity index (χ0n) is 17.4. The van der Waals surface area contributed by atoms with Crippen molar-refractivity contribution >= 4 is 37.7 Å². The van der Waals surface area contributed by atoms with E-state index in [1.807, 2.05) is 18.2 Å². The van der Waals surface area contributed by atoms with Crippen LogP contribution in [-0.4, -0.2) is 42.8 Å². The largest absolute Gasteiger partial charge is 2.00 e. The first-order valence-electron chi connectivity index (χ1n) is 9.61. The number of phenolic OH excluding ortho intramolecular Hbond substituents is 1. The molecule has 0 amide bonds. The van der Waals surface area contributed by atoms with E-state index < -0.39 is 0 Å². The van der Waals surface area contributed by atoms with Crippen molar-refractivity contribution in [1.82, 2.24) is 0 Å². The summed E-state index contributed by atoms with van der Waals surface area (Å²) in [6.45, 7) is 2.28. The molecule has 23 heavy (non-hydrogen) atoms. The third-order valence-electron chi connectivity index (χ3n) is 4.54. The van der Waals surface area contributed by atoms with Gasteiger partial charge >= 0.3 is 37.7 Å². The minimum atomic E-state index is 0. The Balaban J connectivity index is -0.00000161. The molecule has 0 fully saturated rings. The van der Waals surface area contributed by atoms with Gasteiger partial charge in [0, 0.05) is 0 Å². The zero-order valence-corrected chi connectivity index (χ0v) is 17.6. The fourth-order valence-corrected chi connectivity index (χ4v) is 3.06. The van der Waals surface area contributed by atoms with Crippen LogP contribution in [0.2, 0.25) is 0 Å². The molecule has 0 unspecified atom stereocenters. The molecule has 0 aliphatic carbocycles. The van der Waals surface area contributed by atoms with Crippen molar-refractivity contribution in [3.05, 3.63) is 29.8 Å². The summed E-state index contributed by atoms with van der Waals surface area (Å²) in [5.41, 5.74) is 1.10. The Morgan fingerprint density at radius 2 is 1.13 bits per heavy atom. The van der Waals surface area contributed by atoms with E-state index in [4.69, 9.17) is 0 Å². The summed E-state index contributed by atoms with van der Waals surface area (Å²) in [6.07, 6.45) is 19.1. The molecule has 130 valence electrons. The van der Waals surface area contributed by atoms with Crippen LogP contribution in [0.15, 0.2) is 24.3 Å². The molecule has 1 aromatic carbocycles. The summed E-state index contributed by atoms with van der Waals surface area (Å²) < 4.78 is 0. The SMILES string of the molecule is CCCCCCCCCCCCCCCc1ccccc1O.[Ca+2].[H-].[H-]. The monoisotopic (exact) mass is 346 g/mol. The van der Waals surface area contributed by atoms with Crippen LogP contribution in [0.3, 0.4) is 0 Å². The number of aryl methyl sites for hydroxylation is 1. The fraction of sp³-hybridized carbons (Fsp3) is 0.714. The predicted octanol–water partition coefficient (Wildman–Crippen LogP) is 6.87. The van der Waals surface area contributed by atoms with Crippen LogP contribution in [-0.2, 0) is 6.42 Å². The van der Waals surface area contributed by atoms with E-state index in [-0.39, 0.29) is 40.6 Å². The predicted molar refractivity (Wildman–Crippen MR) is 105 cm³/mol. The van der Waals surface area contributed by atoms with E-state index in [9.17, 15) is 5.11 Å². The average molecular weight is 347 g/mol. The summed E-state index contributed by atoms with van der Waals surface area (Å²) in [7, 11) is 0. The number of rotatable bonds is 14. The van der Waals surface area contributed by atoms with Crippen LogP contribution >= 0.6 is 0 Å². The van der Waals surface area contributed by atoms with Crippen molar-refractivity contribution in [3.8, 4) is 5.75 Å². The molecule has 0 aliphatic rings. The number of benzene rings is 1. The number of hydrogen-bond donors (Lipinski definition) is 1. The average Bonchev–Trinajstić information content (AvgIpc) is 2.53. The first-order valence-corrected chi connectivity index (χ1v) is 9.61. The standard InChI is InChI=1S/C21H36O.Ca.2H/c1-2-3-4-5-6-7-8-9-10-11-12-13-14-17-20-18-15-16-19-21(20)22;;;/h15-16,18-19,22H,2-14,17H2,1H3;;;/q;+2;2*-1. The molecule has 0 aliphatic heterocycles. The second kappa shape index (κ2) is 17.1. The van der Waals surface area contributed by atoms with Crippen LogP contribution in [0.25, 0.3) is 0 Å². The van der Waals surface area contributed by atoms with Crippen LogP contribution in [0, 0.1) is 0 Å². The van der Waals surface area contributed by atoms with Gasteiger partial charge in [0.2, 0.25) is 0 Å². The number of unbranched alkanes of at least 4 members (excludes halogenated alkanes) is 12. The third kappa shape index (κ3) is 13.3. The van der Waals surface area contributed by atoms with Crippen LogP contribution in [0.1, 0.15) is 98.8 Å². The van der Waals surface area contributed by atoms with Crippen molar-refractivity contribution < 1.29 is 7.96 Å². The second-order valence-corrected chi connectivity index (χ2v) is 6.62. The minimum absolute atomic E-state index is 0. The number of aromatic hydroxyl groups is 1. The maximum Gasteiger partial charge on any atom is 2.00 e. The Kier molecular flexibility index (Phi) is 17.3. The van der Waals surface area contributed by atoms with Gasteiger partial charge in [0.1, 0.15) is 5.75 Å². The van der Waals surface area contributed by atoms with Crippen molar-refractivity contribution in [2.24, 2.45) is 0 Å². The van der Waals surface area contributed by atoms with Gasteiger partial charge in [0.25, 0.3) is 0 Å². The molecule has 1 rings (SSSR count). The van der Waals surface area contributed by atoms with Gasteiger partial charge in [-0.2, -0.15) is 0 Å². The van der Waals surface area contributed by atoms with E-state index in [1.165, 1.54) is 83.5 Å². The van der Waals surface area contributed by atoms with Gasteiger partial charge in [-0.05, 0) is 24.5 Å². The van der Waals surface area contributed by atoms with E-state index in [0.717, 1.165) is 12.0 Å². The van der Waals surface area contributed by atoms with E-state index in [1.54, 1.807) is 6.07 Å². The molecule has 0 spiro atoms. The maximum atomic E-state index is 9.70. The molecule has 0 aromatic heterocycles. The van der Waals surface area contributed by atoms with Gasteiger partial charge < -0.3 is 7.96 Å². The Bertz CT molecular complexity index is 375. The van der Waals surface area contributed by atoms with Crippen LogP contribution in [0.4, 0.5) is 0 Å². The van der Waals surface area contributed by atoms with Gasteiger partial charge in [0.15, 0.2) is 0 Å². The first-order chi connectivity index (χ1) is 10.8. The Hall–Kier alpha value is 0.280. The van der Waals surface area contributed by atoms with E-state index in [0.29, 0.717) is 5.75 Å². The smallest absolute Gasteiger partial charge is 1.00 e. The summed E-state index contributed by atoms with van der Waals surface area (Å²) >= 11 is 0. The minimum Gasteiger partial charge on any atom is -1.00 e. The molecule has 2 heteroatoms. The van der Waals surface area contributed by atoms with Crippen molar-refractivity contribution in [3.63, 3.8) is 0 Å². The van der Waals surface area contributed by atoms with Gasteiger partial charge in [-0.25, -0.2) is 0 Å². The van der Waals surface area contributed by atoms with Crippen molar-refractivity contribution in [2.75, 3.05) is 0 Å². The summed E-state index contributed by atoms with van der Waals surface area (Å²) in [5.74, 6) is 0.460. The summed E-state index contributed by atoms with van der Waals surface area (Å²) in [4.78, 5) is 0. The van der Waals surface area contributed by atoms with Crippen LogP contribution in [0.5, 0.6) is 5.75 Å².